The van der Waals surface area contributed by atoms with E-state index in [-0.39, 0.29) is 0 Å². The minimum absolute atomic E-state index is 0.455. The third-order valence-corrected chi connectivity index (χ3v) is 3.06. The van der Waals surface area contributed by atoms with Crippen LogP contribution in [0.15, 0.2) is 18.7 Å². The fourth-order valence-electron chi connectivity index (χ4n) is 1.35. The van der Waals surface area contributed by atoms with Crippen molar-refractivity contribution in [1.29, 1.82) is 0 Å². The van der Waals surface area contributed by atoms with Crippen LogP contribution in [0.4, 0.5) is 0 Å². The van der Waals surface area contributed by atoms with Gasteiger partial charge in [-0.15, -0.1) is 0 Å². The highest BCUT2D eigenvalue weighted by Crippen LogP contribution is 2.18. The highest BCUT2D eigenvalue weighted by Gasteiger charge is 2.09. The van der Waals surface area contributed by atoms with Crippen LogP contribution in [-0.4, -0.2) is 18.3 Å². The fourth-order valence-corrected chi connectivity index (χ4v) is 2.04. The van der Waals surface area contributed by atoms with E-state index in [9.17, 15) is 8.76 Å². The third-order valence-electron chi connectivity index (χ3n) is 2.13. The Hall–Kier alpha value is -0.680. The van der Waals surface area contributed by atoms with Gasteiger partial charge in [-0.1, -0.05) is 26.2 Å². The van der Waals surface area contributed by atoms with Crippen molar-refractivity contribution in [3.63, 3.8) is 0 Å². The Morgan fingerprint density at radius 3 is 2.86 bits per heavy atom. The average molecular weight is 215 g/mol. The lowest BCUT2D eigenvalue weighted by Crippen LogP contribution is -2.12. The van der Waals surface area contributed by atoms with E-state index >= 15 is 0 Å². The molecule has 5 heteroatoms. The van der Waals surface area contributed by atoms with Gasteiger partial charge < -0.3 is 9.12 Å². The number of unbranched alkanes of at least 4 members (excludes halogenated alkanes) is 2. The molecule has 0 amide bonds. The van der Waals surface area contributed by atoms with Crippen LogP contribution in [0, 0.1) is 0 Å². The van der Waals surface area contributed by atoms with E-state index in [4.69, 9.17) is 0 Å². The van der Waals surface area contributed by atoms with Crippen LogP contribution in [-0.2, 0) is 11.1 Å². The van der Waals surface area contributed by atoms with E-state index in [1.165, 1.54) is 0 Å². The number of hydrogen-bond acceptors (Lipinski definition) is 3. The van der Waals surface area contributed by atoms with E-state index in [1.54, 1.807) is 23.3 Å². The molecule has 2 unspecified atom stereocenters. The van der Waals surface area contributed by atoms with Gasteiger partial charge in [0.05, 0.1) is 11.7 Å². The van der Waals surface area contributed by atoms with Gasteiger partial charge in [-0.25, -0.2) is 4.98 Å². The summed E-state index contributed by atoms with van der Waals surface area (Å²) >= 11 is -2.06. The maximum atomic E-state index is 10.9. The van der Waals surface area contributed by atoms with E-state index in [1.807, 2.05) is 0 Å². The Labute approximate surface area is 86.6 Å². The van der Waals surface area contributed by atoms with Gasteiger partial charge in [0.2, 0.25) is 0 Å². The van der Waals surface area contributed by atoms with Crippen molar-refractivity contribution < 1.29 is 8.76 Å². The lowest BCUT2D eigenvalue weighted by atomic mass is 10.2. The molecule has 14 heavy (non-hydrogen) atoms. The van der Waals surface area contributed by atoms with Gasteiger partial charge >= 0.3 is 0 Å². The molecule has 4 nitrogen and oxygen atoms in total. The molecule has 0 spiro atoms. The maximum Gasteiger partial charge on any atom is 0.0967 e. The SMILES string of the molecule is CCCCCC(n1ccnc1)S(=O)[O-]. The van der Waals surface area contributed by atoms with Crippen LogP contribution in [0.3, 0.4) is 0 Å². The largest absolute Gasteiger partial charge is 0.771 e. The number of hydrogen-bond donors (Lipinski definition) is 0. The second-order valence-electron chi connectivity index (χ2n) is 3.22. The van der Waals surface area contributed by atoms with Crippen molar-refractivity contribution in [2.24, 2.45) is 0 Å². The smallest absolute Gasteiger partial charge is 0.0967 e. The summed E-state index contributed by atoms with van der Waals surface area (Å²) in [4.78, 5) is 3.84. The summed E-state index contributed by atoms with van der Waals surface area (Å²) in [6.07, 6.45) is 8.61. The van der Waals surface area contributed by atoms with Crippen LogP contribution in [0.25, 0.3) is 0 Å². The molecule has 1 rings (SSSR count). The van der Waals surface area contributed by atoms with Crippen molar-refractivity contribution in [2.75, 3.05) is 0 Å². The van der Waals surface area contributed by atoms with E-state index in [0.29, 0.717) is 6.42 Å². The third kappa shape index (κ3) is 3.23. The minimum atomic E-state index is -2.06. The summed E-state index contributed by atoms with van der Waals surface area (Å²) in [5, 5.41) is -0.455. The van der Waals surface area contributed by atoms with Crippen LogP contribution < -0.4 is 0 Å². The topological polar surface area (TPSA) is 58.0 Å². The molecule has 0 aliphatic rings. The first-order chi connectivity index (χ1) is 6.75. The normalized spacial score (nSPS) is 15.3. The van der Waals surface area contributed by atoms with Crippen LogP contribution in [0.1, 0.15) is 38.0 Å². The second kappa shape index (κ2) is 5.93. The Balaban J connectivity index is 2.52. The highest BCUT2D eigenvalue weighted by atomic mass is 32.2. The molecule has 0 bridgehead atoms. The van der Waals surface area contributed by atoms with Crippen molar-refractivity contribution in [2.45, 2.75) is 38.0 Å². The predicted molar refractivity (Wildman–Crippen MR) is 54.3 cm³/mol. The quantitative estimate of drug-likeness (QED) is 0.537. The van der Waals surface area contributed by atoms with E-state index in [2.05, 4.69) is 11.9 Å². The van der Waals surface area contributed by atoms with Gasteiger partial charge in [0.15, 0.2) is 0 Å². The summed E-state index contributed by atoms with van der Waals surface area (Å²) in [6, 6.07) is 0. The zero-order valence-electron chi connectivity index (χ0n) is 8.26. The Morgan fingerprint density at radius 2 is 2.36 bits per heavy atom. The molecule has 0 radical (unpaired) electrons. The molecule has 0 aromatic carbocycles. The van der Waals surface area contributed by atoms with E-state index < -0.39 is 16.5 Å². The zero-order chi connectivity index (χ0) is 10.4. The molecular weight excluding hydrogens is 200 g/mol. The Bertz CT molecular complexity index is 274. The lowest BCUT2D eigenvalue weighted by molar-refractivity contribution is 0.473. The monoisotopic (exact) mass is 215 g/mol. The minimum Gasteiger partial charge on any atom is -0.771 e. The molecule has 0 saturated heterocycles. The van der Waals surface area contributed by atoms with Gasteiger partial charge in [-0.3, -0.25) is 4.21 Å². The summed E-state index contributed by atoms with van der Waals surface area (Å²) in [5.41, 5.74) is 0. The molecule has 0 aliphatic heterocycles. The summed E-state index contributed by atoms with van der Waals surface area (Å²) < 4.78 is 23.5. The molecule has 1 aromatic rings. The summed E-state index contributed by atoms with van der Waals surface area (Å²) in [6.45, 7) is 2.10. The first kappa shape index (κ1) is 11.4. The molecule has 0 fully saturated rings. The van der Waals surface area contributed by atoms with Gasteiger partial charge in [0.25, 0.3) is 0 Å². The number of rotatable bonds is 6. The van der Waals surface area contributed by atoms with Gasteiger partial charge in [0.1, 0.15) is 0 Å². The van der Waals surface area contributed by atoms with Gasteiger partial charge in [-0.05, 0) is 17.5 Å². The first-order valence-corrected chi connectivity index (χ1v) is 5.95. The molecule has 0 aliphatic carbocycles. The highest BCUT2D eigenvalue weighted by molar-refractivity contribution is 7.79. The summed E-state index contributed by atoms with van der Waals surface area (Å²) in [5.74, 6) is 0. The average Bonchev–Trinajstić information content (AvgIpc) is 2.64. The molecule has 80 valence electrons. The molecular formula is C9H15N2O2S-. The Kier molecular flexibility index (Phi) is 4.82. The standard InChI is InChI=1S/C9H16N2O2S/c1-2-3-4-5-9(14(12)13)11-7-6-10-8-11/h6-9H,2-5H2,1H3,(H,12,13)/p-1. The molecule has 2 atom stereocenters. The van der Waals surface area contributed by atoms with Gasteiger partial charge in [0, 0.05) is 12.4 Å². The van der Waals surface area contributed by atoms with Crippen molar-refractivity contribution in [3.05, 3.63) is 18.7 Å². The molecule has 0 N–H and O–H groups in total. The molecule has 0 saturated carbocycles. The molecule has 1 heterocycles. The number of imidazole rings is 1. The molecule has 1 aromatic heterocycles. The zero-order valence-corrected chi connectivity index (χ0v) is 9.07. The fraction of sp³-hybridized carbons (Fsp3) is 0.667. The number of nitrogens with zero attached hydrogens (tertiary/aromatic N) is 2. The van der Waals surface area contributed by atoms with Gasteiger partial charge in [-0.2, -0.15) is 0 Å². The van der Waals surface area contributed by atoms with Crippen LogP contribution in [0.2, 0.25) is 0 Å². The van der Waals surface area contributed by atoms with Crippen molar-refractivity contribution in [1.82, 2.24) is 9.55 Å². The first-order valence-electron chi connectivity index (χ1n) is 4.81. The van der Waals surface area contributed by atoms with Crippen LogP contribution >= 0.6 is 0 Å². The Morgan fingerprint density at radius 1 is 1.57 bits per heavy atom. The lowest BCUT2D eigenvalue weighted by Gasteiger charge is -2.20. The van der Waals surface area contributed by atoms with Crippen molar-refractivity contribution >= 4 is 11.1 Å². The summed E-state index contributed by atoms with van der Waals surface area (Å²) in [7, 11) is 0. The van der Waals surface area contributed by atoms with Crippen LogP contribution in [0.5, 0.6) is 0 Å². The maximum absolute atomic E-state index is 10.9. The van der Waals surface area contributed by atoms with Crippen molar-refractivity contribution in [3.8, 4) is 0 Å². The van der Waals surface area contributed by atoms with E-state index in [0.717, 1.165) is 19.3 Å². The number of aromatic nitrogens is 2. The predicted octanol–water partition coefficient (Wildman–Crippen LogP) is 1.84. The second-order valence-corrected chi connectivity index (χ2v) is 4.29.